The molecule has 0 fully saturated rings. The second-order valence-electron chi connectivity index (χ2n) is 4.39. The van der Waals surface area contributed by atoms with Gasteiger partial charge in [0.1, 0.15) is 10.5 Å². The summed E-state index contributed by atoms with van der Waals surface area (Å²) in [5.74, 6) is 0.576. The van der Waals surface area contributed by atoms with Gasteiger partial charge < -0.3 is 4.98 Å². The van der Waals surface area contributed by atoms with Crippen LogP contribution in [0.15, 0.2) is 24.3 Å². The number of nitrogens with zero attached hydrogens (tertiary/aromatic N) is 1. The zero-order valence-electron chi connectivity index (χ0n) is 11.0. The van der Waals surface area contributed by atoms with Crippen molar-refractivity contribution >= 4 is 12.2 Å². The maximum Gasteiger partial charge on any atom is 0.417 e. The number of benzene rings is 1. The molecule has 0 saturated heterocycles. The molecule has 0 bridgehead atoms. The van der Waals surface area contributed by atoms with Crippen LogP contribution in [0.4, 0.5) is 13.2 Å². The average molecular weight is 298 g/mol. The predicted octanol–water partition coefficient (Wildman–Crippen LogP) is 4.70. The van der Waals surface area contributed by atoms with E-state index in [0.717, 1.165) is 6.07 Å². The van der Waals surface area contributed by atoms with Crippen molar-refractivity contribution in [2.45, 2.75) is 26.4 Å². The van der Waals surface area contributed by atoms with Crippen molar-refractivity contribution in [1.29, 1.82) is 0 Å². The molecule has 0 unspecified atom stereocenters. The zero-order chi connectivity index (χ0) is 14.9. The first-order chi connectivity index (χ1) is 9.34. The molecule has 0 aliphatic rings. The summed E-state index contributed by atoms with van der Waals surface area (Å²) in [5, 5.41) is 0. The third-order valence-electron chi connectivity index (χ3n) is 3.04. The van der Waals surface area contributed by atoms with Crippen LogP contribution in [0.1, 0.15) is 23.9 Å². The quantitative estimate of drug-likeness (QED) is 0.814. The Balaban J connectivity index is 2.76. The van der Waals surface area contributed by atoms with E-state index in [-0.39, 0.29) is 5.56 Å². The molecule has 2 aromatic rings. The number of aromatic nitrogens is 2. The van der Waals surface area contributed by atoms with Gasteiger partial charge in [0.25, 0.3) is 0 Å². The lowest BCUT2D eigenvalue weighted by Crippen LogP contribution is -2.09. The summed E-state index contributed by atoms with van der Waals surface area (Å²) in [6, 6.07) is 5.46. The first-order valence-corrected chi connectivity index (χ1v) is 6.51. The molecule has 0 spiro atoms. The van der Waals surface area contributed by atoms with Gasteiger partial charge in [-0.3, -0.25) is 0 Å². The SMILES string of the molecule is CCc1nc(=S)c(C)c(-c2ccccc2C(F)(F)F)[nH]1. The third kappa shape index (κ3) is 2.75. The van der Waals surface area contributed by atoms with Gasteiger partial charge in [-0.05, 0) is 13.0 Å². The Kier molecular flexibility index (Phi) is 3.94. The van der Waals surface area contributed by atoms with E-state index in [9.17, 15) is 13.2 Å². The van der Waals surface area contributed by atoms with Gasteiger partial charge in [-0.1, -0.05) is 37.3 Å². The molecule has 6 heteroatoms. The Bertz CT molecular complexity index is 690. The molecule has 1 heterocycles. The summed E-state index contributed by atoms with van der Waals surface area (Å²) >= 11 is 5.12. The van der Waals surface area contributed by atoms with E-state index >= 15 is 0 Å². The van der Waals surface area contributed by atoms with Crippen molar-refractivity contribution in [3.05, 3.63) is 45.9 Å². The van der Waals surface area contributed by atoms with Gasteiger partial charge in [0.05, 0.1) is 11.3 Å². The highest BCUT2D eigenvalue weighted by atomic mass is 32.1. The summed E-state index contributed by atoms with van der Waals surface area (Å²) in [6.07, 6.45) is -3.83. The van der Waals surface area contributed by atoms with Crippen molar-refractivity contribution in [3.63, 3.8) is 0 Å². The summed E-state index contributed by atoms with van der Waals surface area (Å²) < 4.78 is 39.6. The van der Waals surface area contributed by atoms with Crippen LogP contribution in [-0.2, 0) is 12.6 Å². The van der Waals surface area contributed by atoms with Gasteiger partial charge in [0.15, 0.2) is 0 Å². The predicted molar refractivity (Wildman–Crippen MR) is 74.0 cm³/mol. The van der Waals surface area contributed by atoms with Gasteiger partial charge in [0.2, 0.25) is 0 Å². The van der Waals surface area contributed by atoms with Crippen LogP contribution < -0.4 is 0 Å². The van der Waals surface area contributed by atoms with Gasteiger partial charge in [-0.25, -0.2) is 4.98 Å². The Morgan fingerprint density at radius 3 is 2.50 bits per heavy atom. The molecule has 0 aliphatic carbocycles. The second-order valence-corrected chi connectivity index (χ2v) is 4.77. The highest BCUT2D eigenvalue weighted by molar-refractivity contribution is 7.71. The van der Waals surface area contributed by atoms with Crippen molar-refractivity contribution < 1.29 is 13.2 Å². The van der Waals surface area contributed by atoms with E-state index < -0.39 is 11.7 Å². The highest BCUT2D eigenvalue weighted by Crippen LogP contribution is 2.37. The first-order valence-electron chi connectivity index (χ1n) is 6.11. The maximum atomic E-state index is 13.1. The minimum absolute atomic E-state index is 0.0979. The smallest absolute Gasteiger partial charge is 0.343 e. The summed E-state index contributed by atoms with van der Waals surface area (Å²) in [6.45, 7) is 3.54. The van der Waals surface area contributed by atoms with Gasteiger partial charge >= 0.3 is 6.18 Å². The Morgan fingerprint density at radius 2 is 1.90 bits per heavy atom. The lowest BCUT2D eigenvalue weighted by atomic mass is 10.0. The van der Waals surface area contributed by atoms with Crippen LogP contribution in [-0.4, -0.2) is 9.97 Å². The molecule has 0 amide bonds. The van der Waals surface area contributed by atoms with Crippen LogP contribution in [0.25, 0.3) is 11.3 Å². The fourth-order valence-electron chi connectivity index (χ4n) is 1.96. The van der Waals surface area contributed by atoms with E-state index in [0.29, 0.717) is 28.1 Å². The molecule has 0 radical (unpaired) electrons. The fourth-order valence-corrected chi connectivity index (χ4v) is 2.18. The Morgan fingerprint density at radius 1 is 1.25 bits per heavy atom. The Hall–Kier alpha value is -1.69. The lowest BCUT2D eigenvalue weighted by Gasteiger charge is -2.15. The van der Waals surface area contributed by atoms with Crippen LogP contribution >= 0.6 is 12.2 Å². The van der Waals surface area contributed by atoms with Gasteiger partial charge in [-0.2, -0.15) is 13.2 Å². The molecule has 20 heavy (non-hydrogen) atoms. The van der Waals surface area contributed by atoms with Gasteiger partial charge in [-0.15, -0.1) is 0 Å². The number of rotatable bonds is 2. The van der Waals surface area contributed by atoms with Crippen LogP contribution in [0.2, 0.25) is 0 Å². The fraction of sp³-hybridized carbons (Fsp3) is 0.286. The molecule has 1 aromatic carbocycles. The van der Waals surface area contributed by atoms with E-state index in [4.69, 9.17) is 12.2 Å². The minimum Gasteiger partial charge on any atom is -0.343 e. The first kappa shape index (κ1) is 14.7. The molecule has 2 rings (SSSR count). The number of H-pyrrole nitrogens is 1. The lowest BCUT2D eigenvalue weighted by molar-refractivity contribution is -0.137. The number of hydrogen-bond acceptors (Lipinski definition) is 2. The molecule has 0 saturated carbocycles. The second kappa shape index (κ2) is 5.36. The largest absolute Gasteiger partial charge is 0.417 e. The third-order valence-corrected chi connectivity index (χ3v) is 3.44. The molecule has 0 aliphatic heterocycles. The van der Waals surface area contributed by atoms with Crippen molar-refractivity contribution in [2.75, 3.05) is 0 Å². The molecular formula is C14H13F3N2S. The number of hydrogen-bond donors (Lipinski definition) is 1. The topological polar surface area (TPSA) is 28.7 Å². The van der Waals surface area contributed by atoms with Gasteiger partial charge in [0, 0.05) is 17.5 Å². The van der Waals surface area contributed by atoms with E-state index in [1.807, 2.05) is 6.92 Å². The average Bonchev–Trinajstić information content (AvgIpc) is 2.40. The number of halogens is 3. The molecule has 106 valence electrons. The maximum absolute atomic E-state index is 13.1. The number of nitrogens with one attached hydrogen (secondary N) is 1. The van der Waals surface area contributed by atoms with Crippen LogP contribution in [0, 0.1) is 11.6 Å². The highest BCUT2D eigenvalue weighted by Gasteiger charge is 2.33. The minimum atomic E-state index is -4.41. The monoisotopic (exact) mass is 298 g/mol. The molecule has 1 N–H and O–H groups in total. The number of aromatic amines is 1. The summed E-state index contributed by atoms with van der Waals surface area (Å²) in [4.78, 5) is 7.10. The van der Waals surface area contributed by atoms with Crippen molar-refractivity contribution in [2.24, 2.45) is 0 Å². The number of aryl methyl sites for hydroxylation is 1. The Labute approximate surface area is 119 Å². The van der Waals surface area contributed by atoms with Crippen LogP contribution in [0.3, 0.4) is 0 Å². The van der Waals surface area contributed by atoms with E-state index in [1.54, 1.807) is 13.0 Å². The zero-order valence-corrected chi connectivity index (χ0v) is 11.8. The van der Waals surface area contributed by atoms with E-state index in [1.165, 1.54) is 12.1 Å². The standard InChI is InChI=1S/C14H13F3N2S/c1-3-11-18-12(8(2)13(20)19-11)9-6-4-5-7-10(9)14(15,16)17/h4-7H,3H2,1-2H3,(H,18,19,20). The molecule has 1 aromatic heterocycles. The summed E-state index contributed by atoms with van der Waals surface area (Å²) in [7, 11) is 0. The van der Waals surface area contributed by atoms with Crippen LogP contribution in [0.5, 0.6) is 0 Å². The molecule has 2 nitrogen and oxygen atoms in total. The van der Waals surface area contributed by atoms with Crippen molar-refractivity contribution in [1.82, 2.24) is 9.97 Å². The van der Waals surface area contributed by atoms with E-state index in [2.05, 4.69) is 9.97 Å². The molecular weight excluding hydrogens is 285 g/mol. The van der Waals surface area contributed by atoms with Crippen molar-refractivity contribution in [3.8, 4) is 11.3 Å². The number of alkyl halides is 3. The normalized spacial score (nSPS) is 11.7. The molecule has 0 atom stereocenters. The summed E-state index contributed by atoms with van der Waals surface area (Å²) in [5.41, 5.74) is 0.353.